The van der Waals surface area contributed by atoms with Crippen molar-refractivity contribution in [1.82, 2.24) is 10.2 Å². The molecule has 0 amide bonds. The third kappa shape index (κ3) is 3.09. The van der Waals surface area contributed by atoms with Crippen LogP contribution >= 0.6 is 11.3 Å². The van der Waals surface area contributed by atoms with Crippen LogP contribution in [0.15, 0.2) is 10.8 Å². The van der Waals surface area contributed by atoms with Gasteiger partial charge in [0.1, 0.15) is 0 Å². The fraction of sp³-hybridized carbons (Fsp3) is 0.714. The van der Waals surface area contributed by atoms with Gasteiger partial charge in [-0.3, -0.25) is 4.90 Å². The average Bonchev–Trinajstić information content (AvgIpc) is 2.75. The highest BCUT2D eigenvalue weighted by molar-refractivity contribution is 7.08. The minimum absolute atomic E-state index is 0.678. The second kappa shape index (κ2) is 5.98. The minimum atomic E-state index is 0.678. The lowest BCUT2D eigenvalue weighted by molar-refractivity contribution is 0.117. The fourth-order valence-electron chi connectivity index (χ4n) is 2.57. The zero-order chi connectivity index (χ0) is 12.3. The number of nitrogens with zero attached hydrogens (tertiary/aromatic N) is 1. The fourth-order valence-corrected chi connectivity index (χ4v) is 3.41. The number of nitrogens with one attached hydrogen (secondary N) is 1. The van der Waals surface area contributed by atoms with Crippen LogP contribution in [0.1, 0.15) is 37.8 Å². The number of thiophene rings is 1. The van der Waals surface area contributed by atoms with Crippen LogP contribution in [0.4, 0.5) is 0 Å². The van der Waals surface area contributed by atoms with Crippen LogP contribution < -0.4 is 5.32 Å². The maximum absolute atomic E-state index is 3.65. The molecule has 2 rings (SSSR count). The molecular weight excluding hydrogens is 228 g/mol. The largest absolute Gasteiger partial charge is 0.311 e. The average molecular weight is 252 g/mol. The van der Waals surface area contributed by atoms with Crippen molar-refractivity contribution in [3.05, 3.63) is 21.9 Å². The Morgan fingerprint density at radius 3 is 2.76 bits per heavy atom. The third-order valence-corrected chi connectivity index (χ3v) is 4.82. The molecule has 0 aliphatic carbocycles. The summed E-state index contributed by atoms with van der Waals surface area (Å²) in [5, 5.41) is 8.23. The van der Waals surface area contributed by atoms with Gasteiger partial charge in [0.2, 0.25) is 0 Å². The van der Waals surface area contributed by atoms with E-state index in [1.165, 1.54) is 30.5 Å². The maximum atomic E-state index is 3.65. The lowest BCUT2D eigenvalue weighted by atomic mass is 10.0. The zero-order valence-corrected chi connectivity index (χ0v) is 12.0. The summed E-state index contributed by atoms with van der Waals surface area (Å²) < 4.78 is 0. The molecule has 2 heterocycles. The van der Waals surface area contributed by atoms with Crippen molar-refractivity contribution in [1.29, 1.82) is 0 Å². The highest BCUT2D eigenvalue weighted by atomic mass is 32.1. The molecule has 17 heavy (non-hydrogen) atoms. The van der Waals surface area contributed by atoms with Gasteiger partial charge in [-0.25, -0.2) is 0 Å². The highest BCUT2D eigenvalue weighted by Gasteiger charge is 2.25. The van der Waals surface area contributed by atoms with E-state index < -0.39 is 0 Å². The second-order valence-corrected chi connectivity index (χ2v) is 5.83. The number of aryl methyl sites for hydroxylation is 1. The first-order chi connectivity index (χ1) is 8.24. The van der Waals surface area contributed by atoms with E-state index in [0.717, 1.165) is 13.1 Å². The van der Waals surface area contributed by atoms with Crippen LogP contribution in [-0.2, 0) is 6.54 Å². The van der Waals surface area contributed by atoms with Gasteiger partial charge in [0.25, 0.3) is 0 Å². The van der Waals surface area contributed by atoms with E-state index in [0.29, 0.717) is 12.1 Å². The summed E-state index contributed by atoms with van der Waals surface area (Å²) in [6, 6.07) is 1.38. The standard InChI is InChI=1S/C14H24N2S/c1-4-13-8-16(14(5-2)6-15-13)7-12-10-17-9-11(12)3/h9-10,13-15H,4-8H2,1-3H3. The summed E-state index contributed by atoms with van der Waals surface area (Å²) in [6.07, 6.45) is 2.47. The molecule has 1 aromatic rings. The van der Waals surface area contributed by atoms with Crippen molar-refractivity contribution < 1.29 is 0 Å². The monoisotopic (exact) mass is 252 g/mol. The molecule has 1 fully saturated rings. The summed E-state index contributed by atoms with van der Waals surface area (Å²) in [5.41, 5.74) is 2.97. The van der Waals surface area contributed by atoms with Gasteiger partial charge >= 0.3 is 0 Å². The predicted octanol–water partition coefficient (Wildman–Crippen LogP) is 3.02. The number of piperazine rings is 1. The van der Waals surface area contributed by atoms with E-state index in [-0.39, 0.29) is 0 Å². The lowest BCUT2D eigenvalue weighted by Crippen LogP contribution is -2.55. The normalized spacial score (nSPS) is 26.3. The van der Waals surface area contributed by atoms with Gasteiger partial charge in [-0.2, -0.15) is 11.3 Å². The van der Waals surface area contributed by atoms with E-state index in [9.17, 15) is 0 Å². The molecule has 0 radical (unpaired) electrons. The smallest absolute Gasteiger partial charge is 0.0248 e. The zero-order valence-electron chi connectivity index (χ0n) is 11.2. The molecule has 0 saturated carbocycles. The molecule has 0 aromatic carbocycles. The minimum Gasteiger partial charge on any atom is -0.311 e. The summed E-state index contributed by atoms with van der Waals surface area (Å²) in [6.45, 7) is 10.3. The molecule has 1 N–H and O–H groups in total. The number of hydrogen-bond donors (Lipinski definition) is 1. The molecule has 2 atom stereocenters. The van der Waals surface area contributed by atoms with Gasteiger partial charge in [-0.15, -0.1) is 0 Å². The Kier molecular flexibility index (Phi) is 4.60. The van der Waals surface area contributed by atoms with Crippen LogP contribution in [0.5, 0.6) is 0 Å². The quantitative estimate of drug-likeness (QED) is 0.886. The molecule has 2 unspecified atom stereocenters. The third-order valence-electron chi connectivity index (χ3n) is 3.91. The molecule has 2 nitrogen and oxygen atoms in total. The van der Waals surface area contributed by atoms with Crippen molar-refractivity contribution in [2.75, 3.05) is 13.1 Å². The van der Waals surface area contributed by atoms with Gasteiger partial charge in [-0.05, 0) is 41.7 Å². The van der Waals surface area contributed by atoms with Crippen molar-refractivity contribution in [2.45, 2.75) is 52.2 Å². The van der Waals surface area contributed by atoms with E-state index in [2.05, 4.69) is 41.7 Å². The van der Waals surface area contributed by atoms with Crippen LogP contribution in [-0.4, -0.2) is 30.1 Å². The lowest BCUT2D eigenvalue weighted by Gasteiger charge is -2.40. The molecular formula is C14H24N2S. The Labute approximate surface area is 109 Å². The molecule has 1 aromatic heterocycles. The first-order valence-corrected chi connectivity index (χ1v) is 7.68. The SMILES string of the molecule is CCC1CN(Cc2cscc2C)C(CC)CN1. The molecule has 1 aliphatic heterocycles. The van der Waals surface area contributed by atoms with Crippen molar-refractivity contribution in [3.8, 4) is 0 Å². The van der Waals surface area contributed by atoms with Crippen molar-refractivity contribution in [2.24, 2.45) is 0 Å². The van der Waals surface area contributed by atoms with Crippen molar-refractivity contribution in [3.63, 3.8) is 0 Å². The maximum Gasteiger partial charge on any atom is 0.0248 e. The van der Waals surface area contributed by atoms with Crippen LogP contribution in [0.25, 0.3) is 0 Å². The number of hydrogen-bond acceptors (Lipinski definition) is 3. The van der Waals surface area contributed by atoms with Crippen LogP contribution in [0.2, 0.25) is 0 Å². The Hall–Kier alpha value is -0.380. The Morgan fingerprint density at radius 2 is 2.18 bits per heavy atom. The van der Waals surface area contributed by atoms with E-state index in [4.69, 9.17) is 0 Å². The summed E-state index contributed by atoms with van der Waals surface area (Å²) in [7, 11) is 0. The molecule has 96 valence electrons. The Bertz CT molecular complexity index is 348. The first kappa shape index (κ1) is 13.1. The molecule has 1 aliphatic rings. The first-order valence-electron chi connectivity index (χ1n) is 6.73. The van der Waals surface area contributed by atoms with Crippen LogP contribution in [0.3, 0.4) is 0 Å². The van der Waals surface area contributed by atoms with E-state index in [1.807, 2.05) is 11.3 Å². The van der Waals surface area contributed by atoms with E-state index in [1.54, 1.807) is 0 Å². The molecule has 0 spiro atoms. The number of rotatable bonds is 4. The van der Waals surface area contributed by atoms with Gasteiger partial charge in [0.05, 0.1) is 0 Å². The highest BCUT2D eigenvalue weighted by Crippen LogP contribution is 2.20. The predicted molar refractivity (Wildman–Crippen MR) is 75.6 cm³/mol. The molecule has 3 heteroatoms. The summed E-state index contributed by atoms with van der Waals surface area (Å²) in [5.74, 6) is 0. The molecule has 0 bridgehead atoms. The van der Waals surface area contributed by atoms with Gasteiger partial charge in [0.15, 0.2) is 0 Å². The van der Waals surface area contributed by atoms with Gasteiger partial charge in [-0.1, -0.05) is 13.8 Å². The Balaban J connectivity index is 2.03. The van der Waals surface area contributed by atoms with Gasteiger partial charge < -0.3 is 5.32 Å². The van der Waals surface area contributed by atoms with Gasteiger partial charge in [0, 0.05) is 31.7 Å². The molecule has 1 saturated heterocycles. The van der Waals surface area contributed by atoms with E-state index >= 15 is 0 Å². The second-order valence-electron chi connectivity index (χ2n) is 5.08. The topological polar surface area (TPSA) is 15.3 Å². The summed E-state index contributed by atoms with van der Waals surface area (Å²) >= 11 is 1.83. The summed E-state index contributed by atoms with van der Waals surface area (Å²) in [4.78, 5) is 2.67. The Morgan fingerprint density at radius 1 is 1.35 bits per heavy atom. The van der Waals surface area contributed by atoms with Crippen molar-refractivity contribution >= 4 is 11.3 Å². The van der Waals surface area contributed by atoms with Crippen LogP contribution in [0, 0.1) is 6.92 Å².